The Balaban J connectivity index is 3.98. The van der Waals surface area contributed by atoms with Gasteiger partial charge in [0, 0.05) is 19.9 Å². The molecule has 0 rings (SSSR count). The lowest BCUT2D eigenvalue weighted by Crippen LogP contribution is -2.34. The average Bonchev–Trinajstić information content (AvgIpc) is 2.22. The molecule has 0 atom stereocenters. The zero-order valence-electron chi connectivity index (χ0n) is 10.2. The molecule has 4 nitrogen and oxygen atoms in total. The van der Waals surface area contributed by atoms with Crippen molar-refractivity contribution in [3.05, 3.63) is 12.2 Å². The van der Waals surface area contributed by atoms with Crippen LogP contribution in [-0.2, 0) is 14.4 Å². The second-order valence-electron chi connectivity index (χ2n) is 3.67. The van der Waals surface area contributed by atoms with Gasteiger partial charge < -0.3 is 0 Å². The van der Waals surface area contributed by atoms with Crippen molar-refractivity contribution in [3.8, 4) is 0 Å². The minimum atomic E-state index is -0.349. The van der Waals surface area contributed by atoms with Gasteiger partial charge in [0.05, 0.1) is 0 Å². The molecule has 0 saturated carbocycles. The van der Waals surface area contributed by atoms with Gasteiger partial charge in [0.15, 0.2) is 0 Å². The topological polar surface area (TPSA) is 54.5 Å². The van der Waals surface area contributed by atoms with Crippen molar-refractivity contribution in [3.63, 3.8) is 0 Å². The Morgan fingerprint density at radius 2 is 1.82 bits per heavy atom. The number of rotatable bonds is 7. The highest BCUT2D eigenvalue weighted by atomic mass is 35.5. The Morgan fingerprint density at radius 3 is 2.29 bits per heavy atom. The fraction of sp³-hybridized carbons (Fsp3) is 0.583. The molecule has 0 aliphatic heterocycles. The molecule has 0 spiro atoms. The monoisotopic (exact) mass is 259 g/mol. The van der Waals surface area contributed by atoms with Gasteiger partial charge >= 0.3 is 0 Å². The number of carbonyl (C=O) groups excluding carboxylic acids is 3. The van der Waals surface area contributed by atoms with E-state index in [4.69, 9.17) is 11.6 Å². The van der Waals surface area contributed by atoms with Crippen molar-refractivity contribution < 1.29 is 14.4 Å². The lowest BCUT2D eigenvalue weighted by molar-refractivity contribution is -0.140. The summed E-state index contributed by atoms with van der Waals surface area (Å²) in [6, 6.07) is 0. The smallest absolute Gasteiger partial charge is 0.252 e. The second kappa shape index (κ2) is 8.93. The summed E-state index contributed by atoms with van der Waals surface area (Å²) in [4.78, 5) is 34.4. The SMILES string of the molecule is C/C=C\C(=O)N(CCCCCC(=O)Cl)C(C)=O. The minimum Gasteiger partial charge on any atom is -0.281 e. The molecule has 5 heteroatoms. The molecule has 0 radical (unpaired) electrons. The number of hydrogen-bond donors (Lipinski definition) is 0. The Hall–Kier alpha value is -1.16. The van der Waals surface area contributed by atoms with Crippen molar-refractivity contribution in [2.24, 2.45) is 0 Å². The maximum absolute atomic E-state index is 11.5. The predicted molar refractivity (Wildman–Crippen MR) is 66.5 cm³/mol. The summed E-state index contributed by atoms with van der Waals surface area (Å²) in [6.45, 7) is 3.47. The average molecular weight is 260 g/mol. The molecule has 0 heterocycles. The molecule has 17 heavy (non-hydrogen) atoms. The highest BCUT2D eigenvalue weighted by molar-refractivity contribution is 6.63. The number of halogens is 1. The number of unbranched alkanes of at least 4 members (excludes halogenated alkanes) is 2. The van der Waals surface area contributed by atoms with Crippen LogP contribution in [0.25, 0.3) is 0 Å². The van der Waals surface area contributed by atoms with Gasteiger partial charge in [-0.3, -0.25) is 19.3 Å². The summed E-state index contributed by atoms with van der Waals surface area (Å²) in [5, 5.41) is -0.349. The van der Waals surface area contributed by atoms with Gasteiger partial charge in [-0.25, -0.2) is 0 Å². The number of carbonyl (C=O) groups is 3. The molecule has 2 amide bonds. The van der Waals surface area contributed by atoms with Crippen LogP contribution < -0.4 is 0 Å². The van der Waals surface area contributed by atoms with Crippen LogP contribution in [0.1, 0.15) is 39.5 Å². The molecular weight excluding hydrogens is 242 g/mol. The third-order valence-corrected chi connectivity index (χ3v) is 2.40. The highest BCUT2D eigenvalue weighted by Crippen LogP contribution is 2.05. The number of hydrogen-bond acceptors (Lipinski definition) is 3. The van der Waals surface area contributed by atoms with Crippen molar-refractivity contribution in [1.29, 1.82) is 0 Å². The summed E-state index contributed by atoms with van der Waals surface area (Å²) < 4.78 is 0. The number of nitrogens with zero attached hydrogens (tertiary/aromatic N) is 1. The Labute approximate surface area is 107 Å². The van der Waals surface area contributed by atoms with E-state index in [1.807, 2.05) is 0 Å². The molecule has 0 aromatic carbocycles. The lowest BCUT2D eigenvalue weighted by Gasteiger charge is -2.16. The molecule has 0 fully saturated rings. The van der Waals surface area contributed by atoms with Crippen molar-refractivity contribution in [1.82, 2.24) is 4.90 Å². The fourth-order valence-electron chi connectivity index (χ4n) is 1.37. The van der Waals surface area contributed by atoms with Crippen LogP contribution in [0.5, 0.6) is 0 Å². The van der Waals surface area contributed by atoms with Crippen LogP contribution in [0.4, 0.5) is 0 Å². The Kier molecular flexibility index (Phi) is 8.32. The first-order chi connectivity index (χ1) is 7.99. The number of allylic oxidation sites excluding steroid dienone is 1. The van der Waals surface area contributed by atoms with E-state index in [0.29, 0.717) is 25.8 Å². The molecule has 0 unspecified atom stereocenters. The van der Waals surface area contributed by atoms with Crippen LogP contribution in [0.2, 0.25) is 0 Å². The number of imide groups is 1. The van der Waals surface area contributed by atoms with Crippen LogP contribution >= 0.6 is 11.6 Å². The van der Waals surface area contributed by atoms with Crippen molar-refractivity contribution in [2.75, 3.05) is 6.54 Å². The van der Waals surface area contributed by atoms with Crippen molar-refractivity contribution in [2.45, 2.75) is 39.5 Å². The normalized spacial score (nSPS) is 10.5. The predicted octanol–water partition coefficient (Wildman–Crippen LogP) is 2.26. The highest BCUT2D eigenvalue weighted by Gasteiger charge is 2.14. The summed E-state index contributed by atoms with van der Waals surface area (Å²) in [7, 11) is 0. The minimum absolute atomic E-state index is 0.262. The second-order valence-corrected chi connectivity index (χ2v) is 4.10. The van der Waals surface area contributed by atoms with Gasteiger partial charge in [0.2, 0.25) is 11.1 Å². The molecule has 96 valence electrons. The zero-order valence-corrected chi connectivity index (χ0v) is 11.0. The largest absolute Gasteiger partial charge is 0.281 e. The molecule has 0 N–H and O–H groups in total. The van der Waals surface area contributed by atoms with E-state index in [1.165, 1.54) is 17.9 Å². The first-order valence-electron chi connectivity index (χ1n) is 5.62. The van der Waals surface area contributed by atoms with E-state index in [2.05, 4.69) is 0 Å². The van der Waals surface area contributed by atoms with Crippen LogP contribution in [0, 0.1) is 0 Å². The molecule has 0 aliphatic carbocycles. The molecule has 0 bridgehead atoms. The molecule has 0 aliphatic rings. The van der Waals surface area contributed by atoms with E-state index in [1.54, 1.807) is 13.0 Å². The summed E-state index contributed by atoms with van der Waals surface area (Å²) in [5.74, 6) is -0.560. The van der Waals surface area contributed by atoms with E-state index in [-0.39, 0.29) is 17.1 Å². The lowest BCUT2D eigenvalue weighted by atomic mass is 10.2. The van der Waals surface area contributed by atoms with E-state index in [0.717, 1.165) is 6.42 Å². The summed E-state index contributed by atoms with van der Waals surface area (Å²) in [5.41, 5.74) is 0. The van der Waals surface area contributed by atoms with Crippen molar-refractivity contribution >= 4 is 28.7 Å². The summed E-state index contributed by atoms with van der Waals surface area (Å²) in [6.07, 6.45) is 5.45. The van der Waals surface area contributed by atoms with E-state index >= 15 is 0 Å². The van der Waals surface area contributed by atoms with Gasteiger partial charge in [-0.1, -0.05) is 12.5 Å². The maximum atomic E-state index is 11.5. The molecule has 0 saturated heterocycles. The van der Waals surface area contributed by atoms with Gasteiger partial charge in [0.25, 0.3) is 5.91 Å². The van der Waals surface area contributed by atoms with Gasteiger partial charge in [-0.15, -0.1) is 0 Å². The first-order valence-corrected chi connectivity index (χ1v) is 6.00. The maximum Gasteiger partial charge on any atom is 0.252 e. The van der Waals surface area contributed by atoms with Gasteiger partial charge in [-0.05, 0) is 37.4 Å². The third-order valence-electron chi connectivity index (χ3n) is 2.21. The quantitative estimate of drug-likeness (QED) is 0.400. The molecule has 0 aromatic rings. The van der Waals surface area contributed by atoms with Gasteiger partial charge in [-0.2, -0.15) is 0 Å². The first kappa shape index (κ1) is 15.8. The third kappa shape index (κ3) is 7.69. The molecular formula is C12H18ClNO3. The Bertz CT molecular complexity index is 313. The van der Waals surface area contributed by atoms with E-state index < -0.39 is 0 Å². The molecule has 0 aromatic heterocycles. The van der Waals surface area contributed by atoms with Gasteiger partial charge in [0.1, 0.15) is 0 Å². The van der Waals surface area contributed by atoms with Crippen LogP contribution in [0.3, 0.4) is 0 Å². The standard InChI is InChI=1S/C12H18ClNO3/c1-3-7-12(17)14(10(2)15)9-6-4-5-8-11(13)16/h3,7H,4-6,8-9H2,1-2H3/b7-3-. The zero-order chi connectivity index (χ0) is 13.3. The number of amides is 2. The van der Waals surface area contributed by atoms with E-state index in [9.17, 15) is 14.4 Å². The fourth-order valence-corrected chi connectivity index (χ4v) is 1.50. The Morgan fingerprint density at radius 1 is 1.18 bits per heavy atom. The summed E-state index contributed by atoms with van der Waals surface area (Å²) >= 11 is 5.19. The van der Waals surface area contributed by atoms with Crippen LogP contribution in [-0.4, -0.2) is 28.5 Å². The van der Waals surface area contributed by atoms with Crippen LogP contribution in [0.15, 0.2) is 12.2 Å².